The minimum absolute atomic E-state index is 0.305. The highest BCUT2D eigenvalue weighted by atomic mass is 16.6. The zero-order valence-corrected chi connectivity index (χ0v) is 11.4. The standard InChI is InChI=1S/C13H26N2O2/c1-4-6-9-17-13(16)14-15-8-7-12(5-2)11(3)10-15/h11-12H,4-10H2,1-3H3,(H,14,16). The summed E-state index contributed by atoms with van der Waals surface area (Å²) in [6.07, 6.45) is 4.07. The van der Waals surface area contributed by atoms with Gasteiger partial charge in [0.1, 0.15) is 0 Å². The van der Waals surface area contributed by atoms with Gasteiger partial charge in [0.25, 0.3) is 0 Å². The van der Waals surface area contributed by atoms with Gasteiger partial charge in [-0.15, -0.1) is 0 Å². The molecule has 0 aromatic heterocycles. The van der Waals surface area contributed by atoms with Crippen LogP contribution in [0, 0.1) is 11.8 Å². The van der Waals surface area contributed by atoms with Crippen LogP contribution in [0.25, 0.3) is 0 Å². The minimum Gasteiger partial charge on any atom is -0.449 e. The van der Waals surface area contributed by atoms with Crippen LogP contribution in [0.15, 0.2) is 0 Å². The zero-order chi connectivity index (χ0) is 12.7. The fraction of sp³-hybridized carbons (Fsp3) is 0.923. The van der Waals surface area contributed by atoms with Gasteiger partial charge < -0.3 is 4.74 Å². The summed E-state index contributed by atoms with van der Waals surface area (Å²) in [5.74, 6) is 1.44. The lowest BCUT2D eigenvalue weighted by Crippen LogP contribution is -2.49. The van der Waals surface area contributed by atoms with Crippen LogP contribution < -0.4 is 5.43 Å². The van der Waals surface area contributed by atoms with Gasteiger partial charge in [0.15, 0.2) is 0 Å². The van der Waals surface area contributed by atoms with Crippen molar-refractivity contribution in [1.29, 1.82) is 0 Å². The molecule has 4 heteroatoms. The number of nitrogens with zero attached hydrogens (tertiary/aromatic N) is 1. The highest BCUT2D eigenvalue weighted by Gasteiger charge is 2.25. The van der Waals surface area contributed by atoms with Crippen molar-refractivity contribution in [1.82, 2.24) is 10.4 Å². The molecule has 0 aromatic rings. The second-order valence-electron chi connectivity index (χ2n) is 4.98. The predicted octanol–water partition coefficient (Wildman–Crippen LogP) is 2.80. The molecule has 1 fully saturated rings. The molecule has 1 heterocycles. The van der Waals surface area contributed by atoms with E-state index in [1.54, 1.807) is 0 Å². The van der Waals surface area contributed by atoms with Gasteiger partial charge >= 0.3 is 6.09 Å². The normalized spacial score (nSPS) is 25.6. The number of amides is 1. The Morgan fingerprint density at radius 3 is 2.82 bits per heavy atom. The Bertz CT molecular complexity index is 233. The molecule has 0 aromatic carbocycles. The third kappa shape index (κ3) is 4.94. The third-order valence-corrected chi connectivity index (χ3v) is 3.59. The van der Waals surface area contributed by atoms with Gasteiger partial charge in [0.05, 0.1) is 6.61 Å². The molecular weight excluding hydrogens is 216 g/mol. The topological polar surface area (TPSA) is 41.6 Å². The molecule has 1 aliphatic heterocycles. The first-order chi connectivity index (χ1) is 8.17. The minimum atomic E-state index is -0.305. The van der Waals surface area contributed by atoms with E-state index in [2.05, 4.69) is 26.2 Å². The summed E-state index contributed by atoms with van der Waals surface area (Å²) in [5.41, 5.74) is 2.82. The maximum atomic E-state index is 11.5. The molecule has 2 unspecified atom stereocenters. The molecule has 1 rings (SSSR count). The van der Waals surface area contributed by atoms with E-state index < -0.39 is 0 Å². The molecule has 100 valence electrons. The van der Waals surface area contributed by atoms with Crippen molar-refractivity contribution in [2.24, 2.45) is 11.8 Å². The van der Waals surface area contributed by atoms with E-state index in [9.17, 15) is 4.79 Å². The summed E-state index contributed by atoms with van der Waals surface area (Å²) in [5, 5.41) is 1.99. The average Bonchev–Trinajstić information content (AvgIpc) is 2.29. The summed E-state index contributed by atoms with van der Waals surface area (Å²) < 4.78 is 5.08. The first-order valence-corrected chi connectivity index (χ1v) is 6.85. The Labute approximate surface area is 105 Å². The van der Waals surface area contributed by atoms with Crippen molar-refractivity contribution in [2.45, 2.75) is 46.5 Å². The lowest BCUT2D eigenvalue weighted by Gasteiger charge is -2.36. The van der Waals surface area contributed by atoms with E-state index in [-0.39, 0.29) is 6.09 Å². The summed E-state index contributed by atoms with van der Waals surface area (Å²) in [6.45, 7) is 8.96. The summed E-state index contributed by atoms with van der Waals surface area (Å²) >= 11 is 0. The van der Waals surface area contributed by atoms with Gasteiger partial charge in [-0.2, -0.15) is 0 Å². The smallest absolute Gasteiger partial charge is 0.421 e. The number of hydrogen-bond donors (Lipinski definition) is 1. The van der Waals surface area contributed by atoms with Crippen LogP contribution in [0.2, 0.25) is 0 Å². The SMILES string of the molecule is CCCCOC(=O)NN1CCC(CC)C(C)C1. The molecule has 0 spiro atoms. The van der Waals surface area contributed by atoms with Crippen LogP contribution in [-0.2, 0) is 4.74 Å². The molecule has 0 saturated carbocycles. The van der Waals surface area contributed by atoms with Gasteiger partial charge in [0, 0.05) is 13.1 Å². The Balaban J connectivity index is 2.21. The van der Waals surface area contributed by atoms with Gasteiger partial charge in [-0.05, 0) is 24.7 Å². The molecule has 0 aliphatic carbocycles. The van der Waals surface area contributed by atoms with Crippen molar-refractivity contribution in [2.75, 3.05) is 19.7 Å². The van der Waals surface area contributed by atoms with Crippen LogP contribution >= 0.6 is 0 Å². The molecule has 1 aliphatic rings. The van der Waals surface area contributed by atoms with Crippen LogP contribution in [0.5, 0.6) is 0 Å². The summed E-state index contributed by atoms with van der Waals surface area (Å²) in [7, 11) is 0. The molecule has 1 amide bonds. The number of carbonyl (C=O) groups excluding carboxylic acids is 1. The maximum absolute atomic E-state index is 11.5. The predicted molar refractivity (Wildman–Crippen MR) is 68.5 cm³/mol. The number of ether oxygens (including phenoxy) is 1. The lowest BCUT2D eigenvalue weighted by atomic mass is 9.86. The monoisotopic (exact) mass is 242 g/mol. The van der Waals surface area contributed by atoms with E-state index in [4.69, 9.17) is 4.74 Å². The number of hydrogen-bond acceptors (Lipinski definition) is 3. The molecule has 1 saturated heterocycles. The number of carbonyl (C=O) groups is 1. The number of nitrogens with one attached hydrogen (secondary N) is 1. The Morgan fingerprint density at radius 2 is 2.24 bits per heavy atom. The van der Waals surface area contributed by atoms with Crippen LogP contribution in [0.4, 0.5) is 4.79 Å². The Morgan fingerprint density at radius 1 is 1.47 bits per heavy atom. The van der Waals surface area contributed by atoms with Crippen LogP contribution in [0.3, 0.4) is 0 Å². The number of piperidine rings is 1. The Hall–Kier alpha value is -0.770. The first-order valence-electron chi connectivity index (χ1n) is 6.85. The number of unbranched alkanes of at least 4 members (excludes halogenated alkanes) is 1. The number of rotatable bonds is 5. The third-order valence-electron chi connectivity index (χ3n) is 3.59. The highest BCUT2D eigenvalue weighted by molar-refractivity contribution is 5.66. The zero-order valence-electron chi connectivity index (χ0n) is 11.4. The Kier molecular flexibility index (Phi) is 6.34. The van der Waals surface area contributed by atoms with Crippen molar-refractivity contribution in [3.8, 4) is 0 Å². The average molecular weight is 242 g/mol. The van der Waals surface area contributed by atoms with Gasteiger partial charge in [-0.25, -0.2) is 9.80 Å². The van der Waals surface area contributed by atoms with E-state index in [1.807, 2.05) is 5.01 Å². The first kappa shape index (κ1) is 14.3. The number of hydrazine groups is 1. The molecule has 0 radical (unpaired) electrons. The van der Waals surface area contributed by atoms with Gasteiger partial charge in [-0.1, -0.05) is 33.6 Å². The maximum Gasteiger partial charge on any atom is 0.421 e. The van der Waals surface area contributed by atoms with Gasteiger partial charge in [-0.3, -0.25) is 5.43 Å². The molecule has 17 heavy (non-hydrogen) atoms. The van der Waals surface area contributed by atoms with Crippen molar-refractivity contribution < 1.29 is 9.53 Å². The van der Waals surface area contributed by atoms with Crippen molar-refractivity contribution in [3.63, 3.8) is 0 Å². The summed E-state index contributed by atoms with van der Waals surface area (Å²) in [6, 6.07) is 0. The van der Waals surface area contributed by atoms with E-state index in [0.29, 0.717) is 12.5 Å². The second kappa shape index (κ2) is 7.54. The van der Waals surface area contributed by atoms with E-state index >= 15 is 0 Å². The largest absolute Gasteiger partial charge is 0.449 e. The molecule has 0 bridgehead atoms. The van der Waals surface area contributed by atoms with Crippen molar-refractivity contribution >= 4 is 6.09 Å². The van der Waals surface area contributed by atoms with Crippen molar-refractivity contribution in [3.05, 3.63) is 0 Å². The van der Waals surface area contributed by atoms with E-state index in [0.717, 1.165) is 38.3 Å². The fourth-order valence-corrected chi connectivity index (χ4v) is 2.37. The van der Waals surface area contributed by atoms with Crippen LogP contribution in [0.1, 0.15) is 46.5 Å². The lowest BCUT2D eigenvalue weighted by molar-refractivity contribution is 0.0615. The molecule has 2 atom stereocenters. The van der Waals surface area contributed by atoms with Crippen LogP contribution in [-0.4, -0.2) is 30.8 Å². The van der Waals surface area contributed by atoms with E-state index in [1.165, 1.54) is 6.42 Å². The quantitative estimate of drug-likeness (QED) is 0.754. The molecular formula is C13H26N2O2. The fourth-order valence-electron chi connectivity index (χ4n) is 2.37. The second-order valence-corrected chi connectivity index (χ2v) is 4.98. The highest BCUT2D eigenvalue weighted by Crippen LogP contribution is 2.24. The van der Waals surface area contributed by atoms with Gasteiger partial charge in [0.2, 0.25) is 0 Å². The molecule has 4 nitrogen and oxygen atoms in total. The molecule has 1 N–H and O–H groups in total. The summed E-state index contributed by atoms with van der Waals surface area (Å²) in [4.78, 5) is 11.5.